The van der Waals surface area contributed by atoms with Crippen LogP contribution < -0.4 is 10.6 Å². The number of carbonyl (C=O) groups excluding carboxylic acids is 4. The Morgan fingerprint density at radius 2 is 1.80 bits per heavy atom. The molecule has 1 saturated heterocycles. The quantitative estimate of drug-likeness (QED) is 0.214. The molecule has 1 aromatic heterocycles. The third-order valence-electron chi connectivity index (χ3n) is 8.13. The Labute approximate surface area is 304 Å². The van der Waals surface area contributed by atoms with Gasteiger partial charge < -0.3 is 25.0 Å². The average Bonchev–Trinajstić information content (AvgIpc) is 3.00. The normalized spacial score (nSPS) is 17.7. The van der Waals surface area contributed by atoms with Crippen LogP contribution in [0.4, 0.5) is 0 Å². The highest BCUT2D eigenvalue weighted by molar-refractivity contribution is 6.67. The van der Waals surface area contributed by atoms with Crippen molar-refractivity contribution >= 4 is 75.5 Å². The van der Waals surface area contributed by atoms with Crippen LogP contribution in [0.5, 0.6) is 0 Å². The summed E-state index contributed by atoms with van der Waals surface area (Å²) >= 11 is 17.0. The maximum atomic E-state index is 13.6. The molecule has 0 aliphatic carbocycles. The van der Waals surface area contributed by atoms with Crippen LogP contribution in [0.1, 0.15) is 65.8 Å². The number of piperazine rings is 1. The molecule has 0 unspecified atom stereocenters. The van der Waals surface area contributed by atoms with E-state index in [1.54, 1.807) is 13.8 Å². The lowest BCUT2D eigenvalue weighted by molar-refractivity contribution is -0.149. The molecule has 3 rings (SSSR count). The molecule has 1 aromatic carbocycles. The fourth-order valence-electron chi connectivity index (χ4n) is 5.91. The predicted molar refractivity (Wildman–Crippen MR) is 193 cm³/mol. The largest absolute Gasteiger partial charge is 0.460 e. The second-order valence-electron chi connectivity index (χ2n) is 13.6. The highest BCUT2D eigenvalue weighted by Gasteiger charge is 2.35. The number of nitrogens with zero attached hydrogens (tertiary/aromatic N) is 3. The van der Waals surface area contributed by atoms with Crippen LogP contribution in [-0.2, 0) is 28.7 Å². The summed E-state index contributed by atoms with van der Waals surface area (Å²) in [4.78, 5) is 59.0. The zero-order valence-corrected chi connectivity index (χ0v) is 31.7. The lowest BCUT2D eigenvalue weighted by atomic mass is 9.89. The van der Waals surface area contributed by atoms with E-state index in [4.69, 9.17) is 49.3 Å². The molecule has 1 aliphatic heterocycles. The van der Waals surface area contributed by atoms with Gasteiger partial charge in [0.05, 0.1) is 17.3 Å². The summed E-state index contributed by atoms with van der Waals surface area (Å²) in [6.07, 6.45) is 3.70. The van der Waals surface area contributed by atoms with Crippen LogP contribution in [0.15, 0.2) is 36.4 Å². The Morgan fingerprint density at radius 3 is 2.43 bits per heavy atom. The van der Waals surface area contributed by atoms with E-state index in [2.05, 4.69) is 30.6 Å². The van der Waals surface area contributed by atoms with Gasteiger partial charge in [0.2, 0.25) is 15.6 Å². The van der Waals surface area contributed by atoms with Crippen LogP contribution in [0.25, 0.3) is 17.0 Å². The number of fused-ring (bicyclic) bond motifs is 1. The van der Waals surface area contributed by atoms with Crippen LogP contribution in [-0.4, -0.2) is 100 Å². The highest BCUT2D eigenvalue weighted by atomic mass is 35.6. The summed E-state index contributed by atoms with van der Waals surface area (Å²) in [5.41, 5.74) is 2.12. The first-order valence-electron chi connectivity index (χ1n) is 16.3. The number of rotatable bonds is 13. The van der Waals surface area contributed by atoms with Crippen LogP contribution in [0.2, 0.25) is 0 Å². The van der Waals surface area contributed by atoms with Crippen LogP contribution >= 0.6 is 34.8 Å². The number of alkyl halides is 3. The van der Waals surface area contributed by atoms with Gasteiger partial charge in [-0.15, -0.1) is 0 Å². The van der Waals surface area contributed by atoms with Crippen molar-refractivity contribution in [2.75, 3.05) is 39.8 Å². The van der Waals surface area contributed by atoms with E-state index in [-0.39, 0.29) is 35.7 Å². The van der Waals surface area contributed by atoms with Gasteiger partial charge >= 0.3 is 11.9 Å². The van der Waals surface area contributed by atoms with Gasteiger partial charge in [-0.05, 0) is 49.9 Å². The van der Waals surface area contributed by atoms with E-state index in [1.165, 1.54) is 11.8 Å². The molecular weight excluding hydrogens is 693 g/mol. The number of carbonyl (C=O) groups is 4. The number of likely N-dealkylation sites (N-methyl/N-ethyl adjacent to an activating group) is 1. The SMILES string of the molecule is CC(=O)O[C@H](C)c1ccc2ccc(/C=C/C(C)(C)CN(C)[C@H](C(=O)N[C@@H](C)C(=O)N3CCN[C@H](C(=O)OCC(Cl)(Cl)Cl)C3)C(C)C)cc2n1. The maximum Gasteiger partial charge on any atom is 0.325 e. The highest BCUT2D eigenvalue weighted by Crippen LogP contribution is 2.27. The number of nitrogens with one attached hydrogen (secondary N) is 2. The van der Waals surface area contributed by atoms with Gasteiger partial charge in [0.25, 0.3) is 0 Å². The first kappa shape index (κ1) is 40.5. The third-order valence-corrected chi connectivity index (χ3v) is 8.46. The van der Waals surface area contributed by atoms with E-state index >= 15 is 0 Å². The molecule has 1 aliphatic rings. The van der Waals surface area contributed by atoms with Crippen molar-refractivity contribution in [1.82, 2.24) is 25.4 Å². The number of benzene rings is 1. The molecule has 14 heteroatoms. The van der Waals surface area contributed by atoms with Crippen molar-refractivity contribution in [3.8, 4) is 0 Å². The summed E-state index contributed by atoms with van der Waals surface area (Å²) < 4.78 is 8.63. The van der Waals surface area contributed by atoms with Crippen molar-refractivity contribution < 1.29 is 28.7 Å². The van der Waals surface area contributed by atoms with Crippen molar-refractivity contribution in [3.63, 3.8) is 0 Å². The molecule has 0 saturated carbocycles. The van der Waals surface area contributed by atoms with Gasteiger partial charge in [0, 0.05) is 38.5 Å². The Bertz CT molecular complexity index is 1530. The Hall–Kier alpha value is -2.96. The average molecular weight is 741 g/mol. The number of hydrogen-bond donors (Lipinski definition) is 2. The standard InChI is InChI=1S/C35H48Cl3N5O6/c1-21(2)30(31(45)40-22(3)32(46)43-16-15-39-29(18-43)33(47)48-20-35(36,37)38)42(8)19-34(6,7)14-13-25-9-10-26-11-12-27(41-28(26)17-25)23(4)49-24(5)44/h9-14,17,21-23,29-30,39H,15-16,18-20H2,1-8H3,(H,40,45)/b14-13+/t22-,23+,29-,30-/m0/s1. The molecule has 2 amide bonds. The van der Waals surface area contributed by atoms with Crippen molar-refractivity contribution in [1.29, 1.82) is 0 Å². The number of amides is 2. The Balaban J connectivity index is 1.63. The third kappa shape index (κ3) is 12.4. The van der Waals surface area contributed by atoms with E-state index in [0.29, 0.717) is 25.3 Å². The second-order valence-corrected chi connectivity index (χ2v) is 16.1. The molecule has 2 heterocycles. The van der Waals surface area contributed by atoms with Crippen molar-refractivity contribution in [2.24, 2.45) is 11.3 Å². The van der Waals surface area contributed by atoms with Crippen molar-refractivity contribution in [3.05, 3.63) is 47.7 Å². The lowest BCUT2D eigenvalue weighted by Crippen LogP contribution is -2.60. The molecule has 11 nitrogen and oxygen atoms in total. The number of ether oxygens (including phenoxy) is 2. The Morgan fingerprint density at radius 1 is 1.12 bits per heavy atom. The van der Waals surface area contributed by atoms with Crippen LogP contribution in [0.3, 0.4) is 0 Å². The first-order valence-corrected chi connectivity index (χ1v) is 17.4. The van der Waals surface area contributed by atoms with E-state index < -0.39 is 40.6 Å². The summed E-state index contributed by atoms with van der Waals surface area (Å²) in [6.45, 7) is 13.9. The molecule has 0 radical (unpaired) electrons. The number of hydrogen-bond acceptors (Lipinski definition) is 9. The van der Waals surface area contributed by atoms with Crippen LogP contribution in [0, 0.1) is 11.3 Å². The smallest absolute Gasteiger partial charge is 0.325 e. The topological polar surface area (TPSA) is 130 Å². The second kappa shape index (κ2) is 17.3. The molecule has 4 atom stereocenters. The summed E-state index contributed by atoms with van der Waals surface area (Å²) in [7, 11) is 1.90. The van der Waals surface area contributed by atoms with Gasteiger partial charge in [-0.2, -0.15) is 0 Å². The molecule has 1 fully saturated rings. The van der Waals surface area contributed by atoms with Crippen molar-refractivity contribution in [2.45, 2.75) is 76.5 Å². The number of esters is 2. The minimum Gasteiger partial charge on any atom is -0.460 e. The minimum absolute atomic E-state index is 0.0431. The lowest BCUT2D eigenvalue weighted by Gasteiger charge is -2.37. The van der Waals surface area contributed by atoms with Gasteiger partial charge in [0.1, 0.15) is 24.8 Å². The monoisotopic (exact) mass is 739 g/mol. The zero-order valence-electron chi connectivity index (χ0n) is 29.4. The molecule has 0 bridgehead atoms. The predicted octanol–water partition coefficient (Wildman–Crippen LogP) is 5.07. The maximum absolute atomic E-state index is 13.6. The fourth-order valence-corrected chi connectivity index (χ4v) is 6.08. The summed E-state index contributed by atoms with van der Waals surface area (Å²) in [5, 5.41) is 6.89. The molecule has 2 aromatic rings. The van der Waals surface area contributed by atoms with E-state index in [1.807, 2.05) is 62.2 Å². The minimum atomic E-state index is -1.74. The first-order chi connectivity index (χ1) is 22.8. The Kier molecular flexibility index (Phi) is 14.3. The molecule has 270 valence electrons. The zero-order chi connectivity index (χ0) is 36.7. The molecule has 0 spiro atoms. The molecule has 49 heavy (non-hydrogen) atoms. The number of halogens is 3. The van der Waals surface area contributed by atoms with Gasteiger partial charge in [0.15, 0.2) is 0 Å². The molecule has 2 N–H and O–H groups in total. The fraction of sp³-hybridized carbons (Fsp3) is 0.571. The number of pyridine rings is 1. The van der Waals surface area contributed by atoms with Gasteiger partial charge in [-0.1, -0.05) is 92.8 Å². The summed E-state index contributed by atoms with van der Waals surface area (Å²) in [6, 6.07) is 7.74. The van der Waals surface area contributed by atoms with Gasteiger partial charge in [-0.25, -0.2) is 4.98 Å². The summed E-state index contributed by atoms with van der Waals surface area (Å²) in [5.74, 6) is -1.59. The van der Waals surface area contributed by atoms with E-state index in [9.17, 15) is 19.2 Å². The van der Waals surface area contributed by atoms with E-state index in [0.717, 1.165) is 16.5 Å². The van der Waals surface area contributed by atoms with Gasteiger partial charge in [-0.3, -0.25) is 24.1 Å². The number of aromatic nitrogens is 1. The molecular formula is C35H48Cl3N5O6.